The van der Waals surface area contributed by atoms with Gasteiger partial charge in [0.1, 0.15) is 5.75 Å². The number of aliphatic imine (C=N–C) groups is 1. The van der Waals surface area contributed by atoms with Crippen molar-refractivity contribution >= 4 is 29.9 Å². The van der Waals surface area contributed by atoms with Gasteiger partial charge in [-0.3, -0.25) is 4.99 Å². The van der Waals surface area contributed by atoms with Crippen molar-refractivity contribution in [2.75, 3.05) is 33.9 Å². The standard InChI is InChI=1S/C18H31N3O2.HI/c1-14(2)8-10-23-17-12-15(3)6-7-16(17)13-21-18(19-4)20-9-11-22-5;/h6-7,12,14H,8-11,13H2,1-5H3,(H2,19,20,21);1H. The van der Waals surface area contributed by atoms with Crippen LogP contribution in [0.4, 0.5) is 0 Å². The summed E-state index contributed by atoms with van der Waals surface area (Å²) in [6, 6.07) is 6.31. The van der Waals surface area contributed by atoms with Crippen LogP contribution >= 0.6 is 24.0 Å². The fourth-order valence-electron chi connectivity index (χ4n) is 2.02. The van der Waals surface area contributed by atoms with Gasteiger partial charge in [-0.2, -0.15) is 0 Å². The van der Waals surface area contributed by atoms with Gasteiger partial charge in [0.2, 0.25) is 0 Å². The lowest BCUT2D eigenvalue weighted by atomic mass is 10.1. The Kier molecular flexibility index (Phi) is 12.7. The van der Waals surface area contributed by atoms with Gasteiger partial charge in [-0.25, -0.2) is 0 Å². The second-order valence-electron chi connectivity index (χ2n) is 5.99. The molecule has 6 heteroatoms. The smallest absolute Gasteiger partial charge is 0.191 e. The number of nitrogens with one attached hydrogen (secondary N) is 2. The highest BCUT2D eigenvalue weighted by Gasteiger charge is 2.06. The van der Waals surface area contributed by atoms with Crippen LogP contribution in [0.2, 0.25) is 0 Å². The van der Waals surface area contributed by atoms with Crippen LogP contribution in [0.15, 0.2) is 23.2 Å². The highest BCUT2D eigenvalue weighted by Crippen LogP contribution is 2.21. The van der Waals surface area contributed by atoms with Gasteiger partial charge in [0.25, 0.3) is 0 Å². The topological polar surface area (TPSA) is 54.9 Å². The van der Waals surface area contributed by atoms with Crippen molar-refractivity contribution in [2.45, 2.75) is 33.7 Å². The Morgan fingerprint density at radius 2 is 1.96 bits per heavy atom. The molecule has 0 aliphatic carbocycles. The average molecular weight is 449 g/mol. The molecule has 0 radical (unpaired) electrons. The number of rotatable bonds is 9. The molecule has 0 atom stereocenters. The number of benzene rings is 1. The molecule has 0 aliphatic heterocycles. The molecule has 0 aromatic heterocycles. The van der Waals surface area contributed by atoms with Crippen molar-refractivity contribution in [1.29, 1.82) is 0 Å². The van der Waals surface area contributed by atoms with Gasteiger partial charge in [-0.05, 0) is 30.9 Å². The summed E-state index contributed by atoms with van der Waals surface area (Å²) in [4.78, 5) is 4.21. The van der Waals surface area contributed by atoms with Crippen LogP contribution in [0.1, 0.15) is 31.4 Å². The van der Waals surface area contributed by atoms with E-state index in [1.54, 1.807) is 14.2 Å². The SMILES string of the molecule is CN=C(NCCOC)NCc1ccc(C)cc1OCCC(C)C.I. The Balaban J connectivity index is 0.00000529. The molecule has 0 unspecified atom stereocenters. The van der Waals surface area contributed by atoms with Crippen LogP contribution < -0.4 is 15.4 Å². The fraction of sp³-hybridized carbons (Fsp3) is 0.611. The summed E-state index contributed by atoms with van der Waals surface area (Å²) >= 11 is 0. The first-order valence-corrected chi connectivity index (χ1v) is 8.22. The third kappa shape index (κ3) is 9.32. The Hall–Kier alpha value is -1.02. The van der Waals surface area contributed by atoms with E-state index in [0.29, 0.717) is 19.1 Å². The molecule has 2 N–H and O–H groups in total. The van der Waals surface area contributed by atoms with Gasteiger partial charge in [-0.1, -0.05) is 26.0 Å². The van der Waals surface area contributed by atoms with E-state index in [-0.39, 0.29) is 24.0 Å². The Labute approximate surface area is 163 Å². The molecule has 24 heavy (non-hydrogen) atoms. The van der Waals surface area contributed by atoms with Crippen LogP contribution in [0, 0.1) is 12.8 Å². The Morgan fingerprint density at radius 1 is 1.21 bits per heavy atom. The van der Waals surface area contributed by atoms with Gasteiger partial charge >= 0.3 is 0 Å². The number of aryl methyl sites for hydroxylation is 1. The summed E-state index contributed by atoms with van der Waals surface area (Å²) in [5.74, 6) is 2.35. The largest absolute Gasteiger partial charge is 0.493 e. The molecule has 0 heterocycles. The van der Waals surface area contributed by atoms with E-state index in [4.69, 9.17) is 9.47 Å². The van der Waals surface area contributed by atoms with E-state index >= 15 is 0 Å². The maximum atomic E-state index is 5.97. The normalized spacial score (nSPS) is 11.2. The van der Waals surface area contributed by atoms with Gasteiger partial charge in [0, 0.05) is 32.8 Å². The van der Waals surface area contributed by atoms with Crippen molar-refractivity contribution in [3.05, 3.63) is 29.3 Å². The number of nitrogens with zero attached hydrogens (tertiary/aromatic N) is 1. The van der Waals surface area contributed by atoms with Crippen molar-refractivity contribution < 1.29 is 9.47 Å². The highest BCUT2D eigenvalue weighted by molar-refractivity contribution is 14.0. The molecule has 0 saturated heterocycles. The number of guanidine groups is 1. The van der Waals surface area contributed by atoms with Crippen molar-refractivity contribution in [1.82, 2.24) is 10.6 Å². The van der Waals surface area contributed by atoms with E-state index in [0.717, 1.165) is 36.8 Å². The summed E-state index contributed by atoms with van der Waals surface area (Å²) in [5.41, 5.74) is 2.34. The third-order valence-electron chi connectivity index (χ3n) is 3.44. The van der Waals surface area contributed by atoms with Gasteiger partial charge in [0.15, 0.2) is 5.96 Å². The first kappa shape index (κ1) is 23.0. The maximum Gasteiger partial charge on any atom is 0.191 e. The van der Waals surface area contributed by atoms with Crippen molar-refractivity contribution in [3.63, 3.8) is 0 Å². The molecule has 1 aromatic carbocycles. The molecule has 1 rings (SSSR count). The van der Waals surface area contributed by atoms with Gasteiger partial charge in [0.05, 0.1) is 13.2 Å². The van der Waals surface area contributed by atoms with Crippen molar-refractivity contribution in [2.24, 2.45) is 10.9 Å². The minimum Gasteiger partial charge on any atom is -0.493 e. The minimum absolute atomic E-state index is 0. The number of hydrogen-bond acceptors (Lipinski definition) is 3. The average Bonchev–Trinajstić information content (AvgIpc) is 2.52. The summed E-state index contributed by atoms with van der Waals surface area (Å²) in [7, 11) is 3.45. The predicted octanol–water partition coefficient (Wildman–Crippen LogP) is 3.35. The van der Waals surface area contributed by atoms with E-state index in [1.165, 1.54) is 5.56 Å². The molecule has 0 fully saturated rings. The number of ether oxygens (including phenoxy) is 2. The van der Waals surface area contributed by atoms with Crippen LogP contribution in [0.25, 0.3) is 0 Å². The molecule has 1 aromatic rings. The summed E-state index contributed by atoms with van der Waals surface area (Å²) < 4.78 is 11.0. The molecule has 0 saturated carbocycles. The summed E-state index contributed by atoms with van der Waals surface area (Å²) in [6.45, 7) is 9.28. The van der Waals surface area contributed by atoms with E-state index in [2.05, 4.69) is 54.6 Å². The zero-order chi connectivity index (χ0) is 17.1. The number of halogens is 1. The second kappa shape index (κ2) is 13.3. The molecular formula is C18H32IN3O2. The molecule has 0 amide bonds. The molecule has 0 aliphatic rings. The monoisotopic (exact) mass is 449 g/mol. The number of methoxy groups -OCH3 is 1. The van der Waals surface area contributed by atoms with Gasteiger partial charge < -0.3 is 20.1 Å². The molecule has 0 bridgehead atoms. The molecule has 0 spiro atoms. The lowest BCUT2D eigenvalue weighted by molar-refractivity contribution is 0.203. The zero-order valence-electron chi connectivity index (χ0n) is 15.5. The lowest BCUT2D eigenvalue weighted by Crippen LogP contribution is -2.38. The van der Waals surface area contributed by atoms with E-state index < -0.39 is 0 Å². The van der Waals surface area contributed by atoms with Crippen LogP contribution in [-0.2, 0) is 11.3 Å². The Bertz CT molecular complexity index is 493. The van der Waals surface area contributed by atoms with Gasteiger partial charge in [-0.15, -0.1) is 24.0 Å². The zero-order valence-corrected chi connectivity index (χ0v) is 17.8. The third-order valence-corrected chi connectivity index (χ3v) is 3.44. The first-order valence-electron chi connectivity index (χ1n) is 8.22. The second-order valence-corrected chi connectivity index (χ2v) is 5.99. The highest BCUT2D eigenvalue weighted by atomic mass is 127. The fourth-order valence-corrected chi connectivity index (χ4v) is 2.02. The summed E-state index contributed by atoms with van der Waals surface area (Å²) in [5, 5.41) is 6.51. The predicted molar refractivity (Wildman–Crippen MR) is 112 cm³/mol. The van der Waals surface area contributed by atoms with Crippen LogP contribution in [0.5, 0.6) is 5.75 Å². The Morgan fingerprint density at radius 3 is 2.58 bits per heavy atom. The molecule has 5 nitrogen and oxygen atoms in total. The maximum absolute atomic E-state index is 5.97. The quantitative estimate of drug-likeness (QED) is 0.263. The lowest BCUT2D eigenvalue weighted by Gasteiger charge is -2.16. The van der Waals surface area contributed by atoms with E-state index in [9.17, 15) is 0 Å². The van der Waals surface area contributed by atoms with Crippen LogP contribution in [-0.4, -0.2) is 39.9 Å². The molecule has 138 valence electrons. The first-order chi connectivity index (χ1) is 11.1. The minimum atomic E-state index is 0. The summed E-state index contributed by atoms with van der Waals surface area (Å²) in [6.07, 6.45) is 1.06. The van der Waals surface area contributed by atoms with Crippen LogP contribution in [0.3, 0.4) is 0 Å². The van der Waals surface area contributed by atoms with Crippen molar-refractivity contribution in [3.8, 4) is 5.75 Å². The molecular weight excluding hydrogens is 417 g/mol. The van der Waals surface area contributed by atoms with E-state index in [1.807, 2.05) is 0 Å². The number of hydrogen-bond donors (Lipinski definition) is 2.